The molecule has 1 heterocycles. The molecular formula is C16H17F4N3O2. The summed E-state index contributed by atoms with van der Waals surface area (Å²) < 4.78 is 44.8. The van der Waals surface area contributed by atoms with E-state index in [2.05, 4.69) is 15.3 Å². The molecule has 0 aliphatic carbocycles. The lowest BCUT2D eigenvalue weighted by molar-refractivity contribution is -0.192. The van der Waals surface area contributed by atoms with Gasteiger partial charge in [-0.05, 0) is 24.3 Å². The van der Waals surface area contributed by atoms with Gasteiger partial charge in [0.2, 0.25) is 0 Å². The number of carboxylic acids is 1. The van der Waals surface area contributed by atoms with E-state index in [1.54, 1.807) is 24.4 Å². The van der Waals surface area contributed by atoms with Crippen LogP contribution in [0.4, 0.5) is 29.1 Å². The van der Waals surface area contributed by atoms with Crippen molar-refractivity contribution >= 4 is 17.5 Å². The number of benzene rings is 1. The van der Waals surface area contributed by atoms with Gasteiger partial charge in [-0.25, -0.2) is 19.2 Å². The van der Waals surface area contributed by atoms with Crippen LogP contribution in [0.1, 0.15) is 26.6 Å². The maximum absolute atomic E-state index is 13.1. The molecule has 0 bridgehead atoms. The van der Waals surface area contributed by atoms with Crippen molar-refractivity contribution in [3.8, 4) is 0 Å². The van der Waals surface area contributed by atoms with E-state index >= 15 is 0 Å². The number of carboxylic acid groups (broad SMARTS) is 1. The minimum atomic E-state index is -5.08. The predicted octanol–water partition coefficient (Wildman–Crippen LogP) is 4.29. The smallest absolute Gasteiger partial charge is 0.475 e. The molecule has 136 valence electrons. The Kier molecular flexibility index (Phi) is 6.43. The number of hydrogen-bond donors (Lipinski definition) is 2. The van der Waals surface area contributed by atoms with Crippen molar-refractivity contribution in [1.82, 2.24) is 9.97 Å². The van der Waals surface area contributed by atoms with Gasteiger partial charge in [0.25, 0.3) is 0 Å². The number of hydrogen-bond acceptors (Lipinski definition) is 4. The standard InChI is InChI=1S/C14H16FN3.C2HF3O2/c1-14(2,3)13-16-8-7-12(18-13)17-11-6-4-5-10(15)9-11;3-2(4,5)1(6)7/h4-9H,1-3H3,(H,16,17,18);(H,6,7). The zero-order valence-corrected chi connectivity index (χ0v) is 13.7. The fourth-order valence-corrected chi connectivity index (χ4v) is 1.50. The first kappa shape index (κ1) is 20.3. The number of alkyl halides is 3. The number of halogens is 4. The number of nitrogens with zero attached hydrogens (tertiary/aromatic N) is 2. The highest BCUT2D eigenvalue weighted by Gasteiger charge is 2.38. The van der Waals surface area contributed by atoms with E-state index in [4.69, 9.17) is 9.90 Å². The minimum Gasteiger partial charge on any atom is -0.475 e. The second-order valence-corrected chi connectivity index (χ2v) is 5.95. The van der Waals surface area contributed by atoms with Gasteiger partial charge in [0.1, 0.15) is 17.5 Å². The van der Waals surface area contributed by atoms with Crippen LogP contribution >= 0.6 is 0 Å². The zero-order valence-electron chi connectivity index (χ0n) is 13.7. The summed E-state index contributed by atoms with van der Waals surface area (Å²) in [6, 6.07) is 8.05. The minimum absolute atomic E-state index is 0.111. The van der Waals surface area contributed by atoms with E-state index < -0.39 is 12.1 Å². The number of carbonyl (C=O) groups is 1. The molecular weight excluding hydrogens is 342 g/mol. The maximum Gasteiger partial charge on any atom is 0.490 e. The van der Waals surface area contributed by atoms with Gasteiger partial charge >= 0.3 is 12.1 Å². The van der Waals surface area contributed by atoms with Gasteiger partial charge in [-0.15, -0.1) is 0 Å². The van der Waals surface area contributed by atoms with Crippen LogP contribution in [-0.4, -0.2) is 27.2 Å². The summed E-state index contributed by atoms with van der Waals surface area (Å²) in [5.41, 5.74) is 0.563. The van der Waals surface area contributed by atoms with Gasteiger partial charge in [0, 0.05) is 17.3 Å². The molecule has 1 aromatic carbocycles. The third-order valence-corrected chi connectivity index (χ3v) is 2.67. The Bertz CT molecular complexity index is 728. The van der Waals surface area contributed by atoms with Crippen molar-refractivity contribution in [2.24, 2.45) is 0 Å². The van der Waals surface area contributed by atoms with E-state index in [1.807, 2.05) is 20.8 Å². The summed E-state index contributed by atoms with van der Waals surface area (Å²) in [6.45, 7) is 6.15. The Morgan fingerprint density at radius 3 is 2.24 bits per heavy atom. The van der Waals surface area contributed by atoms with Crippen molar-refractivity contribution in [1.29, 1.82) is 0 Å². The zero-order chi connectivity index (χ0) is 19.3. The molecule has 9 heteroatoms. The Balaban J connectivity index is 0.000000381. The summed E-state index contributed by atoms with van der Waals surface area (Å²) in [5.74, 6) is -1.61. The Morgan fingerprint density at radius 2 is 1.76 bits per heavy atom. The highest BCUT2D eigenvalue weighted by atomic mass is 19.4. The van der Waals surface area contributed by atoms with Crippen molar-refractivity contribution in [2.75, 3.05) is 5.32 Å². The van der Waals surface area contributed by atoms with Crippen molar-refractivity contribution < 1.29 is 27.5 Å². The molecule has 2 rings (SSSR count). The Hall–Kier alpha value is -2.71. The topological polar surface area (TPSA) is 75.1 Å². The van der Waals surface area contributed by atoms with Crippen LogP contribution < -0.4 is 5.32 Å². The van der Waals surface area contributed by atoms with Gasteiger partial charge in [0.05, 0.1) is 0 Å². The Morgan fingerprint density at radius 1 is 1.16 bits per heavy atom. The number of aromatic nitrogens is 2. The van der Waals surface area contributed by atoms with Gasteiger partial charge in [-0.2, -0.15) is 13.2 Å². The second-order valence-electron chi connectivity index (χ2n) is 5.95. The molecule has 0 aliphatic heterocycles. The molecule has 0 amide bonds. The molecule has 0 saturated carbocycles. The summed E-state index contributed by atoms with van der Waals surface area (Å²) in [5, 5.41) is 10.2. The molecule has 0 radical (unpaired) electrons. The van der Waals surface area contributed by atoms with Crippen LogP contribution in [0, 0.1) is 5.82 Å². The maximum atomic E-state index is 13.1. The second kappa shape index (κ2) is 7.91. The molecule has 5 nitrogen and oxygen atoms in total. The molecule has 0 saturated heterocycles. The average molecular weight is 359 g/mol. The van der Waals surface area contributed by atoms with Crippen molar-refractivity contribution in [3.63, 3.8) is 0 Å². The van der Waals surface area contributed by atoms with E-state index in [0.717, 1.165) is 5.82 Å². The third kappa shape index (κ3) is 7.15. The van der Waals surface area contributed by atoms with Crippen molar-refractivity contribution in [2.45, 2.75) is 32.4 Å². The SMILES string of the molecule is CC(C)(C)c1nccc(Nc2cccc(F)c2)n1.O=C(O)C(F)(F)F. The van der Waals surface area contributed by atoms with Gasteiger partial charge in [-0.1, -0.05) is 26.8 Å². The number of aliphatic carboxylic acids is 1. The molecule has 2 N–H and O–H groups in total. The van der Waals surface area contributed by atoms with Crippen LogP contribution in [0.3, 0.4) is 0 Å². The molecule has 0 atom stereocenters. The highest BCUT2D eigenvalue weighted by Crippen LogP contribution is 2.21. The first-order valence-corrected chi connectivity index (χ1v) is 7.06. The summed E-state index contributed by atoms with van der Waals surface area (Å²) in [6.07, 6.45) is -3.38. The highest BCUT2D eigenvalue weighted by molar-refractivity contribution is 5.73. The largest absolute Gasteiger partial charge is 0.490 e. The fourth-order valence-electron chi connectivity index (χ4n) is 1.50. The van der Waals surface area contributed by atoms with E-state index in [0.29, 0.717) is 11.5 Å². The average Bonchev–Trinajstić information content (AvgIpc) is 2.46. The fraction of sp³-hybridized carbons (Fsp3) is 0.312. The molecule has 1 aromatic heterocycles. The quantitative estimate of drug-likeness (QED) is 0.783. The van der Waals surface area contributed by atoms with E-state index in [-0.39, 0.29) is 11.2 Å². The van der Waals surface area contributed by atoms with Gasteiger partial charge < -0.3 is 10.4 Å². The lowest BCUT2D eigenvalue weighted by Crippen LogP contribution is -2.21. The number of rotatable bonds is 2. The molecule has 2 aromatic rings. The normalized spacial score (nSPS) is 11.3. The number of nitrogens with one attached hydrogen (secondary N) is 1. The lowest BCUT2D eigenvalue weighted by atomic mass is 9.96. The molecule has 0 fully saturated rings. The van der Waals surface area contributed by atoms with Gasteiger partial charge in [0.15, 0.2) is 0 Å². The van der Waals surface area contributed by atoms with Gasteiger partial charge in [-0.3, -0.25) is 0 Å². The van der Waals surface area contributed by atoms with Crippen LogP contribution in [0.2, 0.25) is 0 Å². The predicted molar refractivity (Wildman–Crippen MR) is 84.1 cm³/mol. The van der Waals surface area contributed by atoms with Crippen LogP contribution in [0.5, 0.6) is 0 Å². The molecule has 0 unspecified atom stereocenters. The molecule has 0 aliphatic rings. The summed E-state index contributed by atoms with van der Waals surface area (Å²) in [7, 11) is 0. The van der Waals surface area contributed by atoms with Crippen LogP contribution in [0.25, 0.3) is 0 Å². The molecule has 0 spiro atoms. The van der Waals surface area contributed by atoms with E-state index in [9.17, 15) is 17.6 Å². The monoisotopic (exact) mass is 359 g/mol. The van der Waals surface area contributed by atoms with E-state index in [1.165, 1.54) is 12.1 Å². The van der Waals surface area contributed by atoms with Crippen LogP contribution in [0.15, 0.2) is 36.5 Å². The lowest BCUT2D eigenvalue weighted by Gasteiger charge is -2.17. The molecule has 25 heavy (non-hydrogen) atoms. The Labute approximate surface area is 141 Å². The third-order valence-electron chi connectivity index (χ3n) is 2.67. The van der Waals surface area contributed by atoms with Crippen molar-refractivity contribution in [3.05, 3.63) is 48.2 Å². The summed E-state index contributed by atoms with van der Waals surface area (Å²) >= 11 is 0. The first-order valence-electron chi connectivity index (χ1n) is 7.06. The summed E-state index contributed by atoms with van der Waals surface area (Å²) in [4.78, 5) is 17.6. The van der Waals surface area contributed by atoms with Crippen LogP contribution in [-0.2, 0) is 10.2 Å². The number of anilines is 2. The first-order chi connectivity index (χ1) is 11.4.